The van der Waals surface area contributed by atoms with Crippen LogP contribution in [0.25, 0.3) is 0 Å². The SMILES string of the molecule is Cc1cc(Br)ccc1NC(=O)COc1ccc(N2C[C@@H](C(=O)NCc3ccccc3)CC2=O)cc1. The summed E-state index contributed by atoms with van der Waals surface area (Å²) in [6.45, 7) is 2.54. The summed E-state index contributed by atoms with van der Waals surface area (Å²) in [4.78, 5) is 39.0. The Labute approximate surface area is 212 Å². The molecule has 3 amide bonds. The molecule has 1 atom stereocenters. The third-order valence-corrected chi connectivity index (χ3v) is 6.28. The number of nitrogens with zero attached hydrogens (tertiary/aromatic N) is 1. The Hall–Kier alpha value is -3.65. The molecule has 1 aliphatic rings. The molecule has 4 rings (SSSR count). The van der Waals surface area contributed by atoms with Gasteiger partial charge in [0.25, 0.3) is 5.91 Å². The molecule has 1 fully saturated rings. The molecule has 0 spiro atoms. The predicted octanol–water partition coefficient (Wildman–Crippen LogP) is 4.44. The van der Waals surface area contributed by atoms with Crippen molar-refractivity contribution in [2.24, 2.45) is 5.92 Å². The number of hydrogen-bond acceptors (Lipinski definition) is 4. The number of hydrogen-bond donors (Lipinski definition) is 2. The third-order valence-electron chi connectivity index (χ3n) is 5.79. The van der Waals surface area contributed by atoms with Gasteiger partial charge >= 0.3 is 0 Å². The summed E-state index contributed by atoms with van der Waals surface area (Å²) in [7, 11) is 0. The molecule has 180 valence electrons. The van der Waals surface area contributed by atoms with Gasteiger partial charge in [-0.05, 0) is 60.5 Å². The Kier molecular flexibility index (Phi) is 7.82. The Morgan fingerprint density at radius 1 is 1.06 bits per heavy atom. The van der Waals surface area contributed by atoms with E-state index in [2.05, 4.69) is 26.6 Å². The van der Waals surface area contributed by atoms with Crippen molar-refractivity contribution in [2.75, 3.05) is 23.4 Å². The van der Waals surface area contributed by atoms with Gasteiger partial charge in [-0.3, -0.25) is 14.4 Å². The first-order chi connectivity index (χ1) is 16.9. The number of anilines is 2. The first-order valence-corrected chi connectivity index (χ1v) is 12.1. The van der Waals surface area contributed by atoms with Crippen LogP contribution < -0.4 is 20.3 Å². The van der Waals surface area contributed by atoms with Gasteiger partial charge in [-0.1, -0.05) is 46.3 Å². The minimum Gasteiger partial charge on any atom is -0.484 e. The van der Waals surface area contributed by atoms with E-state index in [0.717, 1.165) is 21.3 Å². The summed E-state index contributed by atoms with van der Waals surface area (Å²) in [5.74, 6) is -0.369. The zero-order valence-electron chi connectivity index (χ0n) is 19.3. The number of nitrogens with one attached hydrogen (secondary N) is 2. The number of halogens is 1. The lowest BCUT2D eigenvalue weighted by Gasteiger charge is -2.17. The van der Waals surface area contributed by atoms with Crippen molar-refractivity contribution in [2.45, 2.75) is 19.9 Å². The molecule has 3 aromatic rings. The molecule has 0 saturated carbocycles. The van der Waals surface area contributed by atoms with Crippen molar-refractivity contribution in [3.63, 3.8) is 0 Å². The molecular formula is C27H26BrN3O4. The lowest BCUT2D eigenvalue weighted by Crippen LogP contribution is -2.32. The summed E-state index contributed by atoms with van der Waals surface area (Å²) in [6.07, 6.45) is 0.175. The summed E-state index contributed by atoms with van der Waals surface area (Å²) in [5.41, 5.74) is 3.38. The molecule has 0 bridgehead atoms. The van der Waals surface area contributed by atoms with Gasteiger partial charge in [-0.25, -0.2) is 0 Å². The predicted molar refractivity (Wildman–Crippen MR) is 138 cm³/mol. The molecule has 35 heavy (non-hydrogen) atoms. The summed E-state index contributed by atoms with van der Waals surface area (Å²) < 4.78 is 6.54. The van der Waals surface area contributed by atoms with E-state index < -0.39 is 5.92 Å². The molecule has 0 aliphatic carbocycles. The number of ether oxygens (including phenoxy) is 1. The highest BCUT2D eigenvalue weighted by Gasteiger charge is 2.35. The second-order valence-electron chi connectivity index (χ2n) is 8.40. The zero-order valence-corrected chi connectivity index (χ0v) is 20.9. The first-order valence-electron chi connectivity index (χ1n) is 11.3. The Bertz CT molecular complexity index is 1210. The van der Waals surface area contributed by atoms with Crippen molar-refractivity contribution in [3.05, 3.63) is 88.4 Å². The van der Waals surface area contributed by atoms with Crippen LogP contribution in [0.15, 0.2) is 77.3 Å². The van der Waals surface area contributed by atoms with E-state index in [0.29, 0.717) is 24.5 Å². The summed E-state index contributed by atoms with van der Waals surface area (Å²) in [5, 5.41) is 5.75. The van der Waals surface area contributed by atoms with E-state index in [9.17, 15) is 14.4 Å². The number of carbonyl (C=O) groups is 3. The largest absolute Gasteiger partial charge is 0.484 e. The maximum Gasteiger partial charge on any atom is 0.262 e. The van der Waals surface area contributed by atoms with Crippen molar-refractivity contribution in [1.29, 1.82) is 0 Å². The fourth-order valence-electron chi connectivity index (χ4n) is 3.89. The van der Waals surface area contributed by atoms with Gasteiger partial charge in [0, 0.05) is 35.4 Å². The first kappa shape index (κ1) is 24.5. The fraction of sp³-hybridized carbons (Fsp3) is 0.222. The summed E-state index contributed by atoms with van der Waals surface area (Å²) >= 11 is 3.40. The highest BCUT2D eigenvalue weighted by molar-refractivity contribution is 9.10. The fourth-order valence-corrected chi connectivity index (χ4v) is 4.36. The smallest absolute Gasteiger partial charge is 0.262 e. The maximum absolute atomic E-state index is 12.6. The van der Waals surface area contributed by atoms with Crippen LogP contribution in [0, 0.1) is 12.8 Å². The van der Waals surface area contributed by atoms with Crippen molar-refractivity contribution < 1.29 is 19.1 Å². The molecule has 0 aromatic heterocycles. The molecule has 1 heterocycles. The summed E-state index contributed by atoms with van der Waals surface area (Å²) in [6, 6.07) is 22.2. The number of rotatable bonds is 8. The number of carbonyl (C=O) groups excluding carboxylic acids is 3. The maximum atomic E-state index is 12.6. The Morgan fingerprint density at radius 3 is 2.51 bits per heavy atom. The Balaban J connectivity index is 1.27. The van der Waals surface area contributed by atoms with Gasteiger partial charge < -0.3 is 20.3 Å². The highest BCUT2D eigenvalue weighted by atomic mass is 79.9. The zero-order chi connectivity index (χ0) is 24.8. The average Bonchev–Trinajstić information content (AvgIpc) is 3.25. The van der Waals surface area contributed by atoms with Crippen LogP contribution in [0.3, 0.4) is 0 Å². The van der Waals surface area contributed by atoms with Crippen molar-refractivity contribution in [1.82, 2.24) is 5.32 Å². The molecule has 2 N–H and O–H groups in total. The Morgan fingerprint density at radius 2 is 1.80 bits per heavy atom. The molecule has 7 nitrogen and oxygen atoms in total. The van der Waals surface area contributed by atoms with E-state index in [4.69, 9.17) is 4.74 Å². The van der Waals surface area contributed by atoms with Crippen LogP contribution >= 0.6 is 15.9 Å². The van der Waals surface area contributed by atoms with Crippen LogP contribution in [-0.4, -0.2) is 30.9 Å². The van der Waals surface area contributed by atoms with Gasteiger partial charge in [-0.2, -0.15) is 0 Å². The van der Waals surface area contributed by atoms with Crippen molar-refractivity contribution in [3.8, 4) is 5.75 Å². The standard InChI is InChI=1S/C27H26BrN3O4/c1-18-13-21(28)7-12-24(18)30-25(32)17-35-23-10-8-22(9-11-23)31-16-20(14-26(31)33)27(34)29-15-19-5-3-2-4-6-19/h2-13,20H,14-17H2,1H3,(H,29,34)(H,30,32)/t20-/m0/s1. The molecule has 1 aliphatic heterocycles. The number of benzene rings is 3. The normalized spacial score (nSPS) is 15.1. The minimum atomic E-state index is -0.395. The lowest BCUT2D eigenvalue weighted by molar-refractivity contribution is -0.126. The monoisotopic (exact) mass is 535 g/mol. The number of aryl methyl sites for hydroxylation is 1. The topological polar surface area (TPSA) is 87.7 Å². The molecule has 1 saturated heterocycles. The lowest BCUT2D eigenvalue weighted by atomic mass is 10.1. The van der Waals surface area contributed by atoms with E-state index in [1.165, 1.54) is 0 Å². The molecule has 0 radical (unpaired) electrons. The van der Waals surface area contributed by atoms with Gasteiger partial charge in [0.1, 0.15) is 5.75 Å². The second kappa shape index (κ2) is 11.2. The third kappa shape index (κ3) is 6.48. The van der Waals surface area contributed by atoms with Crippen LogP contribution in [-0.2, 0) is 20.9 Å². The van der Waals surface area contributed by atoms with Crippen LogP contribution in [0.5, 0.6) is 5.75 Å². The van der Waals surface area contributed by atoms with Gasteiger partial charge in [0.2, 0.25) is 11.8 Å². The molecular weight excluding hydrogens is 510 g/mol. The second-order valence-corrected chi connectivity index (χ2v) is 9.31. The van der Waals surface area contributed by atoms with E-state index in [-0.39, 0.29) is 30.7 Å². The van der Waals surface area contributed by atoms with Crippen molar-refractivity contribution >= 4 is 45.0 Å². The number of amides is 3. The molecule has 3 aromatic carbocycles. The molecule has 0 unspecified atom stereocenters. The van der Waals surface area contributed by atoms with Crippen LogP contribution in [0.2, 0.25) is 0 Å². The van der Waals surface area contributed by atoms with E-state index in [1.54, 1.807) is 29.2 Å². The van der Waals surface area contributed by atoms with Gasteiger partial charge in [0.05, 0.1) is 5.92 Å². The van der Waals surface area contributed by atoms with Crippen LogP contribution in [0.1, 0.15) is 17.5 Å². The van der Waals surface area contributed by atoms with Gasteiger partial charge in [-0.15, -0.1) is 0 Å². The quantitative estimate of drug-likeness (QED) is 0.446. The molecule has 8 heteroatoms. The van der Waals surface area contributed by atoms with E-state index in [1.807, 2.05) is 55.5 Å². The van der Waals surface area contributed by atoms with Gasteiger partial charge in [0.15, 0.2) is 6.61 Å². The van der Waals surface area contributed by atoms with Crippen LogP contribution in [0.4, 0.5) is 11.4 Å². The van der Waals surface area contributed by atoms with E-state index >= 15 is 0 Å². The average molecular weight is 536 g/mol. The highest BCUT2D eigenvalue weighted by Crippen LogP contribution is 2.27. The minimum absolute atomic E-state index is 0.0947.